The first-order chi connectivity index (χ1) is 15.7. The number of fused-ring (bicyclic) bond motifs is 1. The third-order valence-corrected chi connectivity index (χ3v) is 5.08. The molecule has 0 unspecified atom stereocenters. The van der Waals surface area contributed by atoms with Crippen molar-refractivity contribution in [2.45, 2.75) is 6.04 Å². The van der Waals surface area contributed by atoms with Gasteiger partial charge in [-0.15, -0.1) is 10.2 Å². The van der Waals surface area contributed by atoms with Crippen LogP contribution in [0.2, 0.25) is 0 Å². The van der Waals surface area contributed by atoms with E-state index in [0.29, 0.717) is 17.3 Å². The molecule has 5 aromatic rings. The van der Waals surface area contributed by atoms with Crippen LogP contribution in [0.4, 0.5) is 17.5 Å². The Balaban J connectivity index is 1.49. The maximum atomic E-state index is 9.99. The fourth-order valence-electron chi connectivity index (χ4n) is 3.43. The summed E-state index contributed by atoms with van der Waals surface area (Å²) in [6.45, 7) is -0.128. The second kappa shape index (κ2) is 8.44. The van der Waals surface area contributed by atoms with Crippen LogP contribution in [0.5, 0.6) is 0 Å². The van der Waals surface area contributed by atoms with E-state index in [0.717, 1.165) is 22.2 Å². The maximum Gasteiger partial charge on any atom is 0.252 e. The summed E-state index contributed by atoms with van der Waals surface area (Å²) in [5, 5.41) is 29.5. The molecule has 3 heterocycles. The molecule has 160 valence electrons. The van der Waals surface area contributed by atoms with Gasteiger partial charge in [0, 0.05) is 24.3 Å². The van der Waals surface area contributed by atoms with E-state index < -0.39 is 0 Å². The van der Waals surface area contributed by atoms with Crippen molar-refractivity contribution in [3.05, 3.63) is 72.9 Å². The predicted octanol–water partition coefficient (Wildman–Crippen LogP) is 3.30. The van der Waals surface area contributed by atoms with Gasteiger partial charge in [0.05, 0.1) is 29.9 Å². The molecule has 0 saturated carbocycles. The van der Waals surface area contributed by atoms with Gasteiger partial charge in [0.15, 0.2) is 0 Å². The van der Waals surface area contributed by atoms with Crippen molar-refractivity contribution in [3.63, 3.8) is 0 Å². The molecule has 0 spiro atoms. The van der Waals surface area contributed by atoms with Crippen LogP contribution < -0.4 is 10.6 Å². The summed E-state index contributed by atoms with van der Waals surface area (Å²) in [7, 11) is 1.89. The fraction of sp³-hybridized carbons (Fsp3) is 0.136. The molecule has 2 aromatic carbocycles. The number of benzene rings is 2. The topological polar surface area (TPSA) is 127 Å². The first-order valence-corrected chi connectivity index (χ1v) is 9.96. The van der Waals surface area contributed by atoms with Crippen molar-refractivity contribution in [2.75, 3.05) is 17.2 Å². The van der Waals surface area contributed by atoms with E-state index in [2.05, 4.69) is 35.9 Å². The number of aryl methyl sites for hydroxylation is 1. The molecule has 3 N–H and O–H groups in total. The van der Waals surface area contributed by atoms with E-state index in [1.165, 1.54) is 6.39 Å². The summed E-state index contributed by atoms with van der Waals surface area (Å²) in [4.78, 5) is 9.04. The molecule has 0 aliphatic carbocycles. The number of nitrogens with one attached hydrogen (secondary N) is 2. The van der Waals surface area contributed by atoms with Crippen molar-refractivity contribution in [2.24, 2.45) is 7.05 Å². The smallest absolute Gasteiger partial charge is 0.252 e. The summed E-state index contributed by atoms with van der Waals surface area (Å²) in [6, 6.07) is 15.1. The van der Waals surface area contributed by atoms with Crippen LogP contribution in [0, 0.1) is 0 Å². The van der Waals surface area contributed by atoms with Crippen molar-refractivity contribution in [3.8, 4) is 11.5 Å². The minimum atomic E-state index is -0.383. The average molecular weight is 428 g/mol. The van der Waals surface area contributed by atoms with Crippen LogP contribution in [0.3, 0.4) is 0 Å². The SMILES string of the molecule is Cn1ncc2ccc(Nc3ncc(-c4nnco4)c(N[C@H](CO)c4ccccc4)n3)cc21. The van der Waals surface area contributed by atoms with Gasteiger partial charge in [0.2, 0.25) is 12.3 Å². The second-order valence-electron chi connectivity index (χ2n) is 7.16. The Kier molecular flexibility index (Phi) is 5.18. The highest BCUT2D eigenvalue weighted by Gasteiger charge is 2.18. The molecule has 5 rings (SSSR count). The minimum absolute atomic E-state index is 0.128. The highest BCUT2D eigenvalue weighted by molar-refractivity contribution is 5.83. The van der Waals surface area contributed by atoms with Crippen molar-refractivity contribution < 1.29 is 9.52 Å². The molecular formula is C22H20N8O2. The highest BCUT2D eigenvalue weighted by Crippen LogP contribution is 2.29. The van der Waals surface area contributed by atoms with E-state index >= 15 is 0 Å². The molecular weight excluding hydrogens is 408 g/mol. The zero-order valence-corrected chi connectivity index (χ0v) is 17.2. The van der Waals surface area contributed by atoms with Crippen LogP contribution in [-0.4, -0.2) is 41.7 Å². The van der Waals surface area contributed by atoms with Crippen molar-refractivity contribution >= 4 is 28.4 Å². The molecule has 32 heavy (non-hydrogen) atoms. The van der Waals surface area contributed by atoms with Gasteiger partial charge in [-0.2, -0.15) is 10.1 Å². The van der Waals surface area contributed by atoms with E-state index in [1.54, 1.807) is 10.9 Å². The quantitative estimate of drug-likeness (QED) is 0.358. The van der Waals surface area contributed by atoms with Crippen LogP contribution in [0.15, 0.2) is 71.7 Å². The zero-order valence-electron chi connectivity index (χ0n) is 17.2. The lowest BCUT2D eigenvalue weighted by molar-refractivity contribution is 0.276. The third-order valence-electron chi connectivity index (χ3n) is 5.08. The lowest BCUT2D eigenvalue weighted by Gasteiger charge is -2.19. The summed E-state index contributed by atoms with van der Waals surface area (Å²) >= 11 is 0. The van der Waals surface area contributed by atoms with Gasteiger partial charge in [0.1, 0.15) is 5.82 Å². The number of aliphatic hydroxyl groups is 1. The number of aromatic nitrogens is 6. The lowest BCUT2D eigenvalue weighted by atomic mass is 10.1. The minimum Gasteiger partial charge on any atom is -0.423 e. The Bertz CT molecular complexity index is 1340. The Morgan fingerprint density at radius 3 is 2.78 bits per heavy atom. The molecule has 0 aliphatic rings. The number of aliphatic hydroxyl groups excluding tert-OH is 1. The second-order valence-corrected chi connectivity index (χ2v) is 7.16. The molecule has 3 aromatic heterocycles. The van der Waals surface area contributed by atoms with E-state index in [9.17, 15) is 5.11 Å². The molecule has 10 heteroatoms. The van der Waals surface area contributed by atoms with Crippen molar-refractivity contribution in [1.29, 1.82) is 0 Å². The lowest BCUT2D eigenvalue weighted by Crippen LogP contribution is -2.17. The monoisotopic (exact) mass is 428 g/mol. The number of hydrogen-bond donors (Lipinski definition) is 3. The van der Waals surface area contributed by atoms with Gasteiger partial charge in [-0.25, -0.2) is 4.98 Å². The van der Waals surface area contributed by atoms with Gasteiger partial charge in [0.25, 0.3) is 5.89 Å². The summed E-state index contributed by atoms with van der Waals surface area (Å²) < 4.78 is 7.16. The van der Waals surface area contributed by atoms with Gasteiger partial charge < -0.3 is 20.2 Å². The Morgan fingerprint density at radius 2 is 2.00 bits per heavy atom. The maximum absolute atomic E-state index is 9.99. The Hall–Kier alpha value is -4.31. The highest BCUT2D eigenvalue weighted by atomic mass is 16.4. The van der Waals surface area contributed by atoms with Gasteiger partial charge in [-0.05, 0) is 23.8 Å². The van der Waals surface area contributed by atoms with Gasteiger partial charge in [-0.1, -0.05) is 30.3 Å². The summed E-state index contributed by atoms with van der Waals surface area (Å²) in [5.74, 6) is 1.11. The number of hydrogen-bond acceptors (Lipinski definition) is 9. The van der Waals surface area contributed by atoms with Crippen LogP contribution >= 0.6 is 0 Å². The standard InChI is InChI=1S/C22H20N8O2/c1-30-19-9-16(8-7-15(19)10-25-30)26-22-23-11-17(21-29-24-13-32-21)20(28-22)27-18(12-31)14-5-3-2-4-6-14/h2-11,13,18,31H,12H2,1H3,(H2,23,26,27,28)/t18-/m1/s1. The van der Waals surface area contributed by atoms with E-state index in [-0.39, 0.29) is 18.5 Å². The molecule has 0 aliphatic heterocycles. The molecule has 0 saturated heterocycles. The molecule has 0 fully saturated rings. The van der Waals surface area contributed by atoms with Crippen molar-refractivity contribution in [1.82, 2.24) is 29.9 Å². The molecule has 0 bridgehead atoms. The summed E-state index contributed by atoms with van der Waals surface area (Å²) in [6.07, 6.45) is 4.66. The van der Waals surface area contributed by atoms with Crippen LogP contribution in [0.25, 0.3) is 22.4 Å². The Labute approximate surface area is 183 Å². The van der Waals surface area contributed by atoms with Gasteiger partial charge in [-0.3, -0.25) is 4.68 Å². The fourth-order valence-corrected chi connectivity index (χ4v) is 3.43. The first kappa shape index (κ1) is 19.6. The summed E-state index contributed by atoms with van der Waals surface area (Å²) in [5.41, 5.74) is 3.25. The average Bonchev–Trinajstić information content (AvgIpc) is 3.49. The predicted molar refractivity (Wildman–Crippen MR) is 119 cm³/mol. The largest absolute Gasteiger partial charge is 0.423 e. The normalized spacial score (nSPS) is 12.1. The van der Waals surface area contributed by atoms with E-state index in [1.807, 2.05) is 61.8 Å². The number of rotatable bonds is 7. The number of nitrogens with zero attached hydrogens (tertiary/aromatic N) is 6. The molecule has 10 nitrogen and oxygen atoms in total. The van der Waals surface area contributed by atoms with Crippen LogP contribution in [0.1, 0.15) is 11.6 Å². The molecule has 1 atom stereocenters. The third kappa shape index (κ3) is 3.86. The first-order valence-electron chi connectivity index (χ1n) is 9.96. The molecule has 0 radical (unpaired) electrons. The molecule has 0 amide bonds. The van der Waals surface area contributed by atoms with E-state index in [4.69, 9.17) is 4.42 Å². The van der Waals surface area contributed by atoms with Gasteiger partial charge >= 0.3 is 0 Å². The Morgan fingerprint density at radius 1 is 1.12 bits per heavy atom. The van der Waals surface area contributed by atoms with Crippen LogP contribution in [-0.2, 0) is 7.05 Å². The number of anilines is 3. The zero-order chi connectivity index (χ0) is 21.9.